The highest BCUT2D eigenvalue weighted by Gasteiger charge is 2.26. The zero-order valence-electron chi connectivity index (χ0n) is 10.6. The molecule has 1 N–H and O–H groups in total. The molecular formula is C14H19ClFNO. The molecule has 0 bridgehead atoms. The highest BCUT2D eigenvalue weighted by Crippen LogP contribution is 2.26. The normalized spacial score (nSPS) is 24.5. The quantitative estimate of drug-likeness (QED) is 0.913. The van der Waals surface area contributed by atoms with Gasteiger partial charge in [0.2, 0.25) is 0 Å². The van der Waals surface area contributed by atoms with Crippen LogP contribution in [-0.4, -0.2) is 29.2 Å². The SMILES string of the molecule is CN(Cc1cccc(F)c1Cl)C1CCCCC1O. The summed E-state index contributed by atoms with van der Waals surface area (Å²) >= 11 is 5.95. The van der Waals surface area contributed by atoms with Crippen LogP contribution in [0.2, 0.25) is 5.02 Å². The van der Waals surface area contributed by atoms with Crippen molar-refractivity contribution < 1.29 is 9.50 Å². The Morgan fingerprint density at radius 1 is 1.39 bits per heavy atom. The van der Waals surface area contributed by atoms with Crippen molar-refractivity contribution in [1.29, 1.82) is 0 Å². The van der Waals surface area contributed by atoms with E-state index >= 15 is 0 Å². The minimum atomic E-state index is -0.383. The van der Waals surface area contributed by atoms with Gasteiger partial charge in [0.25, 0.3) is 0 Å². The average molecular weight is 272 g/mol. The monoisotopic (exact) mass is 271 g/mol. The number of rotatable bonds is 3. The van der Waals surface area contributed by atoms with Gasteiger partial charge in [-0.1, -0.05) is 36.6 Å². The molecule has 0 heterocycles. The van der Waals surface area contributed by atoms with Gasteiger partial charge in [0.1, 0.15) is 5.82 Å². The van der Waals surface area contributed by atoms with E-state index in [1.807, 2.05) is 13.1 Å². The molecule has 0 radical (unpaired) electrons. The first-order valence-corrected chi connectivity index (χ1v) is 6.78. The van der Waals surface area contributed by atoms with Crippen LogP contribution < -0.4 is 0 Å². The van der Waals surface area contributed by atoms with Crippen LogP contribution >= 0.6 is 11.6 Å². The van der Waals surface area contributed by atoms with E-state index in [0.717, 1.165) is 31.2 Å². The molecule has 1 aromatic rings. The molecule has 1 fully saturated rings. The third-order valence-corrected chi connectivity index (χ3v) is 4.13. The number of hydrogen-bond acceptors (Lipinski definition) is 2. The van der Waals surface area contributed by atoms with Crippen molar-refractivity contribution in [3.05, 3.63) is 34.6 Å². The zero-order valence-corrected chi connectivity index (χ0v) is 11.3. The molecule has 4 heteroatoms. The maximum absolute atomic E-state index is 13.3. The van der Waals surface area contributed by atoms with Gasteiger partial charge in [0, 0.05) is 12.6 Å². The summed E-state index contributed by atoms with van der Waals surface area (Å²) < 4.78 is 13.3. The van der Waals surface area contributed by atoms with Crippen molar-refractivity contribution in [2.45, 2.75) is 44.4 Å². The van der Waals surface area contributed by atoms with E-state index in [9.17, 15) is 9.50 Å². The Bertz CT molecular complexity index is 413. The first-order chi connectivity index (χ1) is 8.59. The maximum atomic E-state index is 13.3. The van der Waals surface area contributed by atoms with E-state index in [0.29, 0.717) is 6.54 Å². The molecule has 1 aliphatic rings. The number of likely N-dealkylation sites (N-methyl/N-ethyl adjacent to an activating group) is 1. The Hall–Kier alpha value is -0.640. The Kier molecular flexibility index (Phi) is 4.60. The second kappa shape index (κ2) is 6.00. The minimum absolute atomic E-state index is 0.151. The minimum Gasteiger partial charge on any atom is -0.391 e. The van der Waals surface area contributed by atoms with E-state index in [4.69, 9.17) is 11.6 Å². The van der Waals surface area contributed by atoms with Gasteiger partial charge in [-0.15, -0.1) is 0 Å². The average Bonchev–Trinajstić information content (AvgIpc) is 2.35. The predicted octanol–water partition coefficient (Wildman–Crippen LogP) is 3.21. The molecule has 0 amide bonds. The van der Waals surface area contributed by atoms with E-state index in [1.54, 1.807) is 6.07 Å². The lowest BCUT2D eigenvalue weighted by Gasteiger charge is -2.35. The summed E-state index contributed by atoms with van der Waals surface area (Å²) in [6, 6.07) is 5.01. The molecule has 0 aliphatic heterocycles. The number of hydrogen-bond donors (Lipinski definition) is 1. The molecule has 100 valence electrons. The summed E-state index contributed by atoms with van der Waals surface area (Å²) in [7, 11) is 1.96. The van der Waals surface area contributed by atoms with Gasteiger partial charge in [-0.05, 0) is 31.5 Å². The summed E-state index contributed by atoms with van der Waals surface area (Å²) in [6.07, 6.45) is 3.79. The molecule has 0 spiro atoms. The Morgan fingerprint density at radius 3 is 2.83 bits per heavy atom. The number of benzene rings is 1. The molecular weight excluding hydrogens is 253 g/mol. The second-order valence-electron chi connectivity index (χ2n) is 5.05. The molecule has 2 unspecified atom stereocenters. The van der Waals surface area contributed by atoms with Crippen LogP contribution in [0.5, 0.6) is 0 Å². The third kappa shape index (κ3) is 3.02. The van der Waals surface area contributed by atoms with Gasteiger partial charge in [0.15, 0.2) is 0 Å². The van der Waals surface area contributed by atoms with Gasteiger partial charge < -0.3 is 5.11 Å². The summed E-state index contributed by atoms with van der Waals surface area (Å²) in [5.41, 5.74) is 0.775. The zero-order chi connectivity index (χ0) is 13.1. The van der Waals surface area contributed by atoms with Crippen molar-refractivity contribution in [2.24, 2.45) is 0 Å². The van der Waals surface area contributed by atoms with Crippen LogP contribution in [0.15, 0.2) is 18.2 Å². The van der Waals surface area contributed by atoms with Crippen molar-refractivity contribution in [3.63, 3.8) is 0 Å². The molecule has 0 saturated heterocycles. The topological polar surface area (TPSA) is 23.5 Å². The molecule has 18 heavy (non-hydrogen) atoms. The maximum Gasteiger partial charge on any atom is 0.142 e. The molecule has 1 aliphatic carbocycles. The van der Waals surface area contributed by atoms with Gasteiger partial charge >= 0.3 is 0 Å². The summed E-state index contributed by atoms with van der Waals surface area (Å²) in [4.78, 5) is 2.07. The predicted molar refractivity (Wildman–Crippen MR) is 71.1 cm³/mol. The van der Waals surface area contributed by atoms with Crippen LogP contribution in [0.25, 0.3) is 0 Å². The van der Waals surface area contributed by atoms with Crippen LogP contribution in [0, 0.1) is 5.82 Å². The van der Waals surface area contributed by atoms with Crippen LogP contribution in [0.4, 0.5) is 4.39 Å². The van der Waals surface area contributed by atoms with E-state index in [2.05, 4.69) is 4.90 Å². The van der Waals surface area contributed by atoms with Gasteiger partial charge in [0.05, 0.1) is 11.1 Å². The number of aliphatic hydroxyl groups excluding tert-OH is 1. The Morgan fingerprint density at radius 2 is 2.11 bits per heavy atom. The van der Waals surface area contributed by atoms with Crippen molar-refractivity contribution in [1.82, 2.24) is 4.90 Å². The summed E-state index contributed by atoms with van der Waals surface area (Å²) in [5.74, 6) is -0.383. The summed E-state index contributed by atoms with van der Waals surface area (Å²) in [5, 5.41) is 10.2. The van der Waals surface area contributed by atoms with E-state index < -0.39 is 0 Å². The molecule has 2 nitrogen and oxygen atoms in total. The van der Waals surface area contributed by atoms with E-state index in [1.165, 1.54) is 6.07 Å². The third-order valence-electron chi connectivity index (χ3n) is 3.71. The molecule has 1 aromatic carbocycles. The number of nitrogens with zero attached hydrogens (tertiary/aromatic N) is 1. The molecule has 0 aromatic heterocycles. The highest BCUT2D eigenvalue weighted by atomic mass is 35.5. The highest BCUT2D eigenvalue weighted by molar-refractivity contribution is 6.31. The smallest absolute Gasteiger partial charge is 0.142 e. The second-order valence-corrected chi connectivity index (χ2v) is 5.43. The fourth-order valence-electron chi connectivity index (χ4n) is 2.66. The van der Waals surface area contributed by atoms with Gasteiger partial charge in [-0.25, -0.2) is 4.39 Å². The van der Waals surface area contributed by atoms with Crippen LogP contribution in [0.1, 0.15) is 31.2 Å². The Balaban J connectivity index is 2.06. The van der Waals surface area contributed by atoms with Crippen molar-refractivity contribution in [3.8, 4) is 0 Å². The van der Waals surface area contributed by atoms with Crippen LogP contribution in [0.3, 0.4) is 0 Å². The number of halogens is 2. The molecule has 1 saturated carbocycles. The first kappa shape index (κ1) is 13.8. The van der Waals surface area contributed by atoms with Crippen molar-refractivity contribution in [2.75, 3.05) is 7.05 Å². The largest absolute Gasteiger partial charge is 0.391 e. The van der Waals surface area contributed by atoms with Gasteiger partial charge in [-0.2, -0.15) is 0 Å². The van der Waals surface area contributed by atoms with Crippen molar-refractivity contribution >= 4 is 11.6 Å². The van der Waals surface area contributed by atoms with Crippen LogP contribution in [-0.2, 0) is 6.54 Å². The Labute approximate surface area is 112 Å². The summed E-state index contributed by atoms with van der Waals surface area (Å²) in [6.45, 7) is 0.568. The molecule has 2 atom stereocenters. The number of aliphatic hydroxyl groups is 1. The first-order valence-electron chi connectivity index (χ1n) is 6.41. The standard InChI is InChI=1S/C14H19ClFNO/c1-17(12-7-2-3-8-13(12)18)9-10-5-4-6-11(16)14(10)15/h4-6,12-13,18H,2-3,7-9H2,1H3. The lowest BCUT2D eigenvalue weighted by atomic mass is 9.91. The fourth-order valence-corrected chi connectivity index (χ4v) is 2.85. The fraction of sp³-hybridized carbons (Fsp3) is 0.571. The lowest BCUT2D eigenvalue weighted by molar-refractivity contribution is 0.0288. The lowest BCUT2D eigenvalue weighted by Crippen LogP contribution is -2.42. The van der Waals surface area contributed by atoms with Gasteiger partial charge in [-0.3, -0.25) is 4.90 Å². The molecule has 2 rings (SSSR count). The van der Waals surface area contributed by atoms with E-state index in [-0.39, 0.29) is 23.0 Å².